The van der Waals surface area contributed by atoms with Crippen LogP contribution < -0.4 is 5.73 Å². The summed E-state index contributed by atoms with van der Waals surface area (Å²) in [5.74, 6) is 0.228. The molecule has 0 rings (SSSR count). The van der Waals surface area contributed by atoms with Crippen molar-refractivity contribution in [3.05, 3.63) is 0 Å². The standard InChI is InChI=1S/C7H18N4/c1-10(2)4-5-11(3)6-7(8)9/h4-6H2,1-3H3,(H3,8,9). The highest BCUT2D eigenvalue weighted by Crippen LogP contribution is 1.82. The summed E-state index contributed by atoms with van der Waals surface area (Å²) >= 11 is 0. The molecule has 0 atom stereocenters. The van der Waals surface area contributed by atoms with Crippen molar-refractivity contribution in [2.45, 2.75) is 0 Å². The minimum Gasteiger partial charge on any atom is -0.387 e. The van der Waals surface area contributed by atoms with Gasteiger partial charge in [0.05, 0.1) is 6.54 Å². The topological polar surface area (TPSA) is 56.4 Å². The smallest absolute Gasteiger partial charge is 0.105 e. The highest BCUT2D eigenvalue weighted by Gasteiger charge is 1.99. The summed E-state index contributed by atoms with van der Waals surface area (Å²) in [6, 6.07) is 0. The van der Waals surface area contributed by atoms with Crippen LogP contribution in [0.15, 0.2) is 0 Å². The van der Waals surface area contributed by atoms with E-state index in [-0.39, 0.29) is 5.84 Å². The molecule has 11 heavy (non-hydrogen) atoms. The molecule has 0 aromatic carbocycles. The van der Waals surface area contributed by atoms with Crippen LogP contribution in [0.2, 0.25) is 0 Å². The van der Waals surface area contributed by atoms with Gasteiger partial charge in [-0.05, 0) is 21.1 Å². The van der Waals surface area contributed by atoms with E-state index in [1.54, 1.807) is 0 Å². The van der Waals surface area contributed by atoms with Crippen LogP contribution in [0.4, 0.5) is 0 Å². The van der Waals surface area contributed by atoms with Gasteiger partial charge < -0.3 is 10.6 Å². The number of likely N-dealkylation sites (N-methyl/N-ethyl adjacent to an activating group) is 2. The van der Waals surface area contributed by atoms with Crippen molar-refractivity contribution >= 4 is 5.84 Å². The van der Waals surface area contributed by atoms with Crippen LogP contribution >= 0.6 is 0 Å². The van der Waals surface area contributed by atoms with Crippen molar-refractivity contribution < 1.29 is 0 Å². The molecule has 0 saturated heterocycles. The van der Waals surface area contributed by atoms with E-state index in [0.29, 0.717) is 6.54 Å². The number of nitrogens with one attached hydrogen (secondary N) is 1. The normalized spacial score (nSPS) is 11.0. The number of amidine groups is 1. The number of hydrogen-bond acceptors (Lipinski definition) is 3. The van der Waals surface area contributed by atoms with Gasteiger partial charge in [0.1, 0.15) is 5.84 Å². The molecule has 0 aromatic heterocycles. The SMILES string of the molecule is CN(C)CCN(C)CC(=N)N. The van der Waals surface area contributed by atoms with Crippen LogP contribution in [0.25, 0.3) is 0 Å². The van der Waals surface area contributed by atoms with Gasteiger partial charge in [0.15, 0.2) is 0 Å². The van der Waals surface area contributed by atoms with Gasteiger partial charge in [-0.15, -0.1) is 0 Å². The van der Waals surface area contributed by atoms with Gasteiger partial charge in [-0.25, -0.2) is 0 Å². The van der Waals surface area contributed by atoms with Crippen molar-refractivity contribution in [3.63, 3.8) is 0 Å². The van der Waals surface area contributed by atoms with Crippen molar-refractivity contribution in [2.24, 2.45) is 5.73 Å². The van der Waals surface area contributed by atoms with E-state index >= 15 is 0 Å². The largest absolute Gasteiger partial charge is 0.387 e. The molecule has 0 unspecified atom stereocenters. The maximum Gasteiger partial charge on any atom is 0.105 e. The molecule has 0 bridgehead atoms. The summed E-state index contributed by atoms with van der Waals surface area (Å²) in [4.78, 5) is 4.14. The highest BCUT2D eigenvalue weighted by atomic mass is 15.2. The predicted octanol–water partition coefficient (Wildman–Crippen LogP) is -0.584. The van der Waals surface area contributed by atoms with E-state index in [1.165, 1.54) is 0 Å². The minimum atomic E-state index is 0.228. The third kappa shape index (κ3) is 7.29. The average molecular weight is 158 g/mol. The van der Waals surface area contributed by atoms with Gasteiger partial charge in [0.2, 0.25) is 0 Å². The Morgan fingerprint density at radius 2 is 1.82 bits per heavy atom. The molecule has 0 aliphatic carbocycles. The summed E-state index contributed by atoms with van der Waals surface area (Å²) < 4.78 is 0. The molecular weight excluding hydrogens is 140 g/mol. The number of nitrogens with zero attached hydrogens (tertiary/aromatic N) is 2. The van der Waals surface area contributed by atoms with E-state index in [2.05, 4.69) is 4.90 Å². The molecule has 0 radical (unpaired) electrons. The van der Waals surface area contributed by atoms with E-state index in [9.17, 15) is 0 Å². The van der Waals surface area contributed by atoms with Crippen LogP contribution in [0.3, 0.4) is 0 Å². The van der Waals surface area contributed by atoms with Crippen molar-refractivity contribution in [2.75, 3.05) is 40.8 Å². The Bertz CT molecular complexity index is 122. The van der Waals surface area contributed by atoms with Crippen LogP contribution in [0.5, 0.6) is 0 Å². The fourth-order valence-corrected chi connectivity index (χ4v) is 0.741. The third-order valence-corrected chi connectivity index (χ3v) is 1.37. The molecule has 4 nitrogen and oxygen atoms in total. The summed E-state index contributed by atoms with van der Waals surface area (Å²) in [7, 11) is 6.02. The first kappa shape index (κ1) is 10.4. The van der Waals surface area contributed by atoms with Crippen LogP contribution in [-0.4, -0.2) is 56.4 Å². The Labute approximate surface area is 68.5 Å². The molecule has 0 aromatic rings. The van der Waals surface area contributed by atoms with E-state index in [1.807, 2.05) is 26.0 Å². The van der Waals surface area contributed by atoms with Crippen LogP contribution in [0, 0.1) is 5.41 Å². The zero-order valence-electron chi connectivity index (χ0n) is 7.59. The first-order valence-electron chi connectivity index (χ1n) is 3.68. The molecule has 4 heteroatoms. The Kier molecular flexibility index (Phi) is 4.81. The maximum atomic E-state index is 7.03. The Morgan fingerprint density at radius 3 is 2.18 bits per heavy atom. The van der Waals surface area contributed by atoms with Crippen molar-refractivity contribution in [1.82, 2.24) is 9.80 Å². The molecule has 0 aliphatic heterocycles. The molecule has 0 fully saturated rings. The number of hydrogen-bond donors (Lipinski definition) is 2. The quantitative estimate of drug-likeness (QED) is 0.415. The second-order valence-corrected chi connectivity index (χ2v) is 3.07. The van der Waals surface area contributed by atoms with E-state index < -0.39 is 0 Å². The van der Waals surface area contributed by atoms with Gasteiger partial charge in [0, 0.05) is 13.1 Å². The first-order chi connectivity index (χ1) is 5.02. The van der Waals surface area contributed by atoms with Gasteiger partial charge in [-0.1, -0.05) is 0 Å². The third-order valence-electron chi connectivity index (χ3n) is 1.37. The Balaban J connectivity index is 3.37. The fourth-order valence-electron chi connectivity index (χ4n) is 0.741. The average Bonchev–Trinajstić information content (AvgIpc) is 1.82. The molecule has 0 spiro atoms. The highest BCUT2D eigenvalue weighted by molar-refractivity contribution is 5.78. The summed E-state index contributed by atoms with van der Waals surface area (Å²) in [5, 5.41) is 7.03. The molecule has 0 heterocycles. The zero-order valence-corrected chi connectivity index (χ0v) is 7.59. The van der Waals surface area contributed by atoms with Gasteiger partial charge in [-0.3, -0.25) is 10.3 Å². The maximum absolute atomic E-state index is 7.03. The Hall–Kier alpha value is -0.610. The first-order valence-corrected chi connectivity index (χ1v) is 3.68. The lowest BCUT2D eigenvalue weighted by Gasteiger charge is -2.18. The monoisotopic (exact) mass is 158 g/mol. The van der Waals surface area contributed by atoms with Crippen LogP contribution in [-0.2, 0) is 0 Å². The second-order valence-electron chi connectivity index (χ2n) is 3.07. The van der Waals surface area contributed by atoms with Gasteiger partial charge >= 0.3 is 0 Å². The van der Waals surface area contributed by atoms with Crippen molar-refractivity contribution in [3.8, 4) is 0 Å². The van der Waals surface area contributed by atoms with Gasteiger partial charge in [0.25, 0.3) is 0 Å². The summed E-state index contributed by atoms with van der Waals surface area (Å²) in [6.07, 6.45) is 0. The molecular formula is C7H18N4. The van der Waals surface area contributed by atoms with E-state index in [4.69, 9.17) is 11.1 Å². The number of rotatable bonds is 5. The predicted molar refractivity (Wildman–Crippen MR) is 48.0 cm³/mol. The van der Waals surface area contributed by atoms with Crippen LogP contribution in [0.1, 0.15) is 0 Å². The van der Waals surface area contributed by atoms with Crippen molar-refractivity contribution in [1.29, 1.82) is 5.41 Å². The fraction of sp³-hybridized carbons (Fsp3) is 0.857. The zero-order chi connectivity index (χ0) is 8.85. The number of nitrogens with two attached hydrogens (primary N) is 1. The second kappa shape index (κ2) is 5.09. The Morgan fingerprint density at radius 1 is 1.27 bits per heavy atom. The van der Waals surface area contributed by atoms with E-state index in [0.717, 1.165) is 13.1 Å². The molecule has 66 valence electrons. The lowest BCUT2D eigenvalue weighted by Crippen LogP contribution is -2.34. The summed E-state index contributed by atoms with van der Waals surface area (Å²) in [6.45, 7) is 2.52. The molecule has 3 N–H and O–H groups in total. The molecule has 0 aliphatic rings. The minimum absolute atomic E-state index is 0.228. The molecule has 0 saturated carbocycles. The molecule has 0 amide bonds. The summed E-state index contributed by atoms with van der Waals surface area (Å²) in [5.41, 5.74) is 5.23. The lowest BCUT2D eigenvalue weighted by atomic mass is 10.4. The van der Waals surface area contributed by atoms with Gasteiger partial charge in [-0.2, -0.15) is 0 Å². The lowest BCUT2D eigenvalue weighted by molar-refractivity contribution is 0.306.